The van der Waals surface area contributed by atoms with Gasteiger partial charge in [-0.2, -0.15) is 0 Å². The minimum Gasteiger partial charge on any atom is -0.324 e. The van der Waals surface area contributed by atoms with Crippen LogP contribution >= 0.6 is 11.8 Å². The molecule has 1 heterocycles. The molecule has 3 nitrogen and oxygen atoms in total. The largest absolute Gasteiger partial charge is 0.324 e. The van der Waals surface area contributed by atoms with E-state index < -0.39 is 0 Å². The Labute approximate surface area is 117 Å². The molecule has 1 aromatic heterocycles. The van der Waals surface area contributed by atoms with Crippen molar-refractivity contribution in [2.45, 2.75) is 24.4 Å². The Morgan fingerprint density at radius 3 is 2.84 bits per heavy atom. The predicted octanol–water partition coefficient (Wildman–Crippen LogP) is 2.66. The van der Waals surface area contributed by atoms with Crippen molar-refractivity contribution in [2.24, 2.45) is 5.73 Å². The van der Waals surface area contributed by atoms with Crippen LogP contribution in [0.3, 0.4) is 0 Å². The first kappa shape index (κ1) is 13.9. The number of hydrogen-bond acceptors (Lipinski definition) is 3. The molecule has 0 saturated carbocycles. The Balaban J connectivity index is 1.94. The van der Waals surface area contributed by atoms with E-state index >= 15 is 0 Å². The van der Waals surface area contributed by atoms with E-state index in [2.05, 4.69) is 12.1 Å². The smallest absolute Gasteiger partial charge is 0.250 e. The maximum Gasteiger partial charge on any atom is 0.250 e. The average Bonchev–Trinajstić information content (AvgIpc) is 2.41. The van der Waals surface area contributed by atoms with Gasteiger partial charge in [0.1, 0.15) is 0 Å². The number of aromatic nitrogens is 1. The molecule has 0 aliphatic rings. The molecule has 100 valence electrons. The van der Waals surface area contributed by atoms with Crippen LogP contribution in [0.25, 0.3) is 0 Å². The molecule has 0 spiro atoms. The second kappa shape index (κ2) is 6.59. The van der Waals surface area contributed by atoms with Gasteiger partial charge >= 0.3 is 0 Å². The first-order valence-electron chi connectivity index (χ1n) is 6.30. The van der Waals surface area contributed by atoms with Crippen molar-refractivity contribution in [3.8, 4) is 0 Å². The van der Waals surface area contributed by atoms with Crippen LogP contribution in [0.2, 0.25) is 0 Å². The Hall–Kier alpha value is -1.52. The zero-order valence-electron chi connectivity index (χ0n) is 11.0. The second-order valence-electron chi connectivity index (χ2n) is 4.44. The number of aryl methyl sites for hydroxylation is 1. The maximum absolute atomic E-state index is 11.5. The van der Waals surface area contributed by atoms with E-state index in [9.17, 15) is 4.79 Å². The van der Waals surface area contributed by atoms with Gasteiger partial charge in [-0.05, 0) is 30.7 Å². The van der Waals surface area contributed by atoms with E-state index in [1.54, 1.807) is 28.5 Å². The minimum absolute atomic E-state index is 0.0485. The van der Waals surface area contributed by atoms with Crippen molar-refractivity contribution < 1.29 is 0 Å². The summed E-state index contributed by atoms with van der Waals surface area (Å²) in [4.78, 5) is 12.7. The highest BCUT2D eigenvalue weighted by Gasteiger charge is 2.01. The number of nitrogens with two attached hydrogens (primary N) is 1. The van der Waals surface area contributed by atoms with Crippen LogP contribution in [0, 0.1) is 0 Å². The topological polar surface area (TPSA) is 48.0 Å². The van der Waals surface area contributed by atoms with Gasteiger partial charge in [-0.25, -0.2) is 0 Å². The van der Waals surface area contributed by atoms with E-state index in [-0.39, 0.29) is 11.6 Å². The van der Waals surface area contributed by atoms with Gasteiger partial charge in [-0.15, -0.1) is 11.8 Å². The van der Waals surface area contributed by atoms with Crippen LogP contribution in [-0.4, -0.2) is 10.3 Å². The van der Waals surface area contributed by atoms with E-state index in [1.807, 2.05) is 31.3 Å². The molecule has 2 N–H and O–H groups in total. The quantitative estimate of drug-likeness (QED) is 0.853. The Morgan fingerprint density at radius 2 is 2.11 bits per heavy atom. The SMILES string of the molecule is CC(N)c1cccc(SCCn2ccccc2=O)c1. The standard InChI is InChI=1S/C15H18N2OS/c1-12(16)13-5-4-6-14(11-13)19-10-9-17-8-3-2-7-15(17)18/h2-8,11-12H,9-10,16H2,1H3. The molecule has 1 unspecified atom stereocenters. The van der Waals surface area contributed by atoms with Crippen molar-refractivity contribution in [2.75, 3.05) is 5.75 Å². The number of thioether (sulfide) groups is 1. The summed E-state index contributed by atoms with van der Waals surface area (Å²) < 4.78 is 1.72. The van der Waals surface area contributed by atoms with Crippen molar-refractivity contribution in [1.29, 1.82) is 0 Å². The number of benzene rings is 1. The van der Waals surface area contributed by atoms with Crippen molar-refractivity contribution in [1.82, 2.24) is 4.57 Å². The molecule has 2 rings (SSSR count). The fourth-order valence-corrected chi connectivity index (χ4v) is 2.71. The highest BCUT2D eigenvalue weighted by molar-refractivity contribution is 7.99. The predicted molar refractivity (Wildman–Crippen MR) is 80.5 cm³/mol. The van der Waals surface area contributed by atoms with Gasteiger partial charge in [-0.1, -0.05) is 18.2 Å². The van der Waals surface area contributed by atoms with Gasteiger partial charge in [0, 0.05) is 35.5 Å². The summed E-state index contributed by atoms with van der Waals surface area (Å²) >= 11 is 1.74. The monoisotopic (exact) mass is 274 g/mol. The van der Waals surface area contributed by atoms with Gasteiger partial charge in [0.05, 0.1) is 0 Å². The van der Waals surface area contributed by atoms with Crippen LogP contribution in [0.4, 0.5) is 0 Å². The fraction of sp³-hybridized carbons (Fsp3) is 0.267. The molecule has 0 fully saturated rings. The summed E-state index contributed by atoms with van der Waals surface area (Å²) in [6, 6.07) is 13.5. The van der Waals surface area contributed by atoms with Crippen LogP contribution in [0.5, 0.6) is 0 Å². The minimum atomic E-state index is 0.0485. The van der Waals surface area contributed by atoms with E-state index in [0.29, 0.717) is 6.54 Å². The molecule has 0 aliphatic carbocycles. The summed E-state index contributed by atoms with van der Waals surface area (Å²) in [6.45, 7) is 2.69. The molecule has 2 aromatic rings. The second-order valence-corrected chi connectivity index (χ2v) is 5.61. The Bertz CT molecular complexity index is 592. The lowest BCUT2D eigenvalue weighted by Gasteiger charge is -2.08. The van der Waals surface area contributed by atoms with Crippen LogP contribution in [-0.2, 0) is 6.54 Å². The van der Waals surface area contributed by atoms with E-state index in [0.717, 1.165) is 11.3 Å². The number of pyridine rings is 1. The molecule has 0 saturated heterocycles. The molecule has 0 amide bonds. The lowest BCUT2D eigenvalue weighted by atomic mass is 10.1. The summed E-state index contributed by atoms with van der Waals surface area (Å²) in [5, 5.41) is 0. The third kappa shape index (κ3) is 3.98. The number of rotatable bonds is 5. The zero-order valence-corrected chi connectivity index (χ0v) is 11.8. The third-order valence-electron chi connectivity index (χ3n) is 2.88. The zero-order chi connectivity index (χ0) is 13.7. The molecular weight excluding hydrogens is 256 g/mol. The van der Waals surface area contributed by atoms with Gasteiger partial charge < -0.3 is 10.3 Å². The normalized spacial score (nSPS) is 12.3. The molecule has 0 radical (unpaired) electrons. The van der Waals surface area contributed by atoms with Crippen LogP contribution in [0.1, 0.15) is 18.5 Å². The molecule has 19 heavy (non-hydrogen) atoms. The van der Waals surface area contributed by atoms with E-state index in [4.69, 9.17) is 5.73 Å². The van der Waals surface area contributed by atoms with Crippen molar-refractivity contribution >= 4 is 11.8 Å². The summed E-state index contributed by atoms with van der Waals surface area (Å²) in [5.41, 5.74) is 7.06. The molecule has 0 bridgehead atoms. The molecule has 1 aromatic carbocycles. The summed E-state index contributed by atoms with van der Waals surface area (Å²) in [5.74, 6) is 0.867. The van der Waals surface area contributed by atoms with Crippen LogP contribution in [0.15, 0.2) is 58.4 Å². The number of hydrogen-bond donors (Lipinski definition) is 1. The maximum atomic E-state index is 11.5. The van der Waals surface area contributed by atoms with Gasteiger partial charge in [0.25, 0.3) is 5.56 Å². The average molecular weight is 274 g/mol. The van der Waals surface area contributed by atoms with Gasteiger partial charge in [-0.3, -0.25) is 4.79 Å². The van der Waals surface area contributed by atoms with Crippen LogP contribution < -0.4 is 11.3 Å². The molecule has 0 aliphatic heterocycles. The summed E-state index contributed by atoms with van der Waals surface area (Å²) in [6.07, 6.45) is 1.82. The number of nitrogens with zero attached hydrogens (tertiary/aromatic N) is 1. The highest BCUT2D eigenvalue weighted by atomic mass is 32.2. The fourth-order valence-electron chi connectivity index (χ4n) is 1.79. The Kier molecular flexibility index (Phi) is 4.82. The third-order valence-corrected chi connectivity index (χ3v) is 3.86. The van der Waals surface area contributed by atoms with Crippen molar-refractivity contribution in [3.63, 3.8) is 0 Å². The van der Waals surface area contributed by atoms with Gasteiger partial charge in [0.2, 0.25) is 0 Å². The van der Waals surface area contributed by atoms with Gasteiger partial charge in [0.15, 0.2) is 0 Å². The summed E-state index contributed by atoms with van der Waals surface area (Å²) in [7, 11) is 0. The van der Waals surface area contributed by atoms with Crippen molar-refractivity contribution in [3.05, 3.63) is 64.6 Å². The first-order valence-corrected chi connectivity index (χ1v) is 7.29. The molecule has 4 heteroatoms. The highest BCUT2D eigenvalue weighted by Crippen LogP contribution is 2.21. The molecular formula is C15H18N2OS. The lowest BCUT2D eigenvalue weighted by Crippen LogP contribution is -2.18. The lowest BCUT2D eigenvalue weighted by molar-refractivity contribution is 0.735. The first-order chi connectivity index (χ1) is 9.16. The molecule has 1 atom stereocenters. The Morgan fingerprint density at radius 1 is 1.26 bits per heavy atom. The van der Waals surface area contributed by atoms with E-state index in [1.165, 1.54) is 4.90 Å².